The number of hydrogen-bond donors (Lipinski definition) is 1. The summed E-state index contributed by atoms with van der Waals surface area (Å²) in [5.41, 5.74) is 2.66. The molecule has 104 valence electrons. The van der Waals surface area contributed by atoms with E-state index in [0.29, 0.717) is 6.61 Å². The molecule has 5 nitrogen and oxygen atoms in total. The van der Waals surface area contributed by atoms with Crippen LogP contribution in [0.3, 0.4) is 0 Å². The molecule has 0 spiro atoms. The van der Waals surface area contributed by atoms with Crippen LogP contribution in [0, 0.1) is 0 Å². The summed E-state index contributed by atoms with van der Waals surface area (Å²) in [5.74, 6) is 2.13. The molecule has 1 aliphatic heterocycles. The van der Waals surface area contributed by atoms with Crippen LogP contribution >= 0.6 is 0 Å². The van der Waals surface area contributed by atoms with Crippen LogP contribution in [0.5, 0.6) is 0 Å². The Morgan fingerprint density at radius 3 is 2.84 bits per heavy atom. The molecule has 5 heteroatoms. The molecule has 3 rings (SSSR count). The van der Waals surface area contributed by atoms with E-state index in [9.17, 15) is 0 Å². The van der Waals surface area contributed by atoms with Crippen molar-refractivity contribution in [2.45, 2.75) is 25.7 Å². The summed E-state index contributed by atoms with van der Waals surface area (Å²) >= 11 is 0. The van der Waals surface area contributed by atoms with E-state index in [-0.39, 0.29) is 0 Å². The molecule has 1 aromatic rings. The Labute approximate surface area is 114 Å². The van der Waals surface area contributed by atoms with Gasteiger partial charge in [-0.15, -0.1) is 0 Å². The van der Waals surface area contributed by atoms with Crippen molar-refractivity contribution >= 4 is 5.82 Å². The van der Waals surface area contributed by atoms with Gasteiger partial charge in [0.25, 0.3) is 0 Å². The summed E-state index contributed by atoms with van der Waals surface area (Å²) in [6, 6.07) is 0. The lowest BCUT2D eigenvalue weighted by Crippen LogP contribution is -2.44. The highest BCUT2D eigenvalue weighted by molar-refractivity contribution is 5.51. The maximum absolute atomic E-state index is 5.15. The molecule has 1 saturated heterocycles. The quantitative estimate of drug-likeness (QED) is 0.859. The first-order valence-corrected chi connectivity index (χ1v) is 7.22. The maximum Gasteiger partial charge on any atom is 0.135 e. The Morgan fingerprint density at radius 1 is 1.21 bits per heavy atom. The van der Waals surface area contributed by atoms with Crippen LogP contribution in [0.25, 0.3) is 0 Å². The Hall–Kier alpha value is -1.20. The van der Waals surface area contributed by atoms with Crippen LogP contribution in [0.15, 0.2) is 0 Å². The zero-order valence-corrected chi connectivity index (χ0v) is 11.6. The van der Waals surface area contributed by atoms with Gasteiger partial charge < -0.3 is 15.0 Å². The minimum Gasteiger partial charge on any atom is -0.384 e. The maximum atomic E-state index is 5.15. The van der Waals surface area contributed by atoms with Gasteiger partial charge in [-0.3, -0.25) is 0 Å². The highest BCUT2D eigenvalue weighted by Crippen LogP contribution is 2.29. The largest absolute Gasteiger partial charge is 0.384 e. The predicted octanol–water partition coefficient (Wildman–Crippen LogP) is 0.564. The molecule has 1 aliphatic carbocycles. The third-order valence-electron chi connectivity index (χ3n) is 3.90. The Bertz CT molecular complexity index is 443. The smallest absolute Gasteiger partial charge is 0.135 e. The van der Waals surface area contributed by atoms with E-state index in [1.54, 1.807) is 7.11 Å². The van der Waals surface area contributed by atoms with Gasteiger partial charge in [0.15, 0.2) is 0 Å². The van der Waals surface area contributed by atoms with E-state index in [4.69, 9.17) is 14.7 Å². The molecule has 0 radical (unpaired) electrons. The molecule has 1 fully saturated rings. The molecule has 1 N–H and O–H groups in total. The highest BCUT2D eigenvalue weighted by Gasteiger charge is 2.23. The number of anilines is 1. The minimum absolute atomic E-state index is 0.694. The van der Waals surface area contributed by atoms with Crippen LogP contribution in [-0.2, 0) is 24.0 Å². The first kappa shape index (κ1) is 12.8. The zero-order chi connectivity index (χ0) is 13.1. The van der Waals surface area contributed by atoms with E-state index in [2.05, 4.69) is 10.2 Å². The number of rotatable bonds is 4. The standard InChI is InChI=1S/C14H22N4O/c1-19-10-5-13-16-12-4-2-3-11(12)14(17-13)18-8-6-15-7-9-18/h15H,2-10H2,1H3. The number of nitrogens with one attached hydrogen (secondary N) is 1. The van der Waals surface area contributed by atoms with Crippen LogP contribution in [0.1, 0.15) is 23.5 Å². The van der Waals surface area contributed by atoms with Gasteiger partial charge in [0.1, 0.15) is 11.6 Å². The average molecular weight is 262 g/mol. The van der Waals surface area contributed by atoms with Gasteiger partial charge in [0.05, 0.1) is 6.61 Å². The fourth-order valence-electron chi connectivity index (χ4n) is 2.91. The van der Waals surface area contributed by atoms with Crippen molar-refractivity contribution in [2.24, 2.45) is 0 Å². The normalized spacial score (nSPS) is 18.7. The number of ether oxygens (including phenoxy) is 1. The Balaban J connectivity index is 1.89. The van der Waals surface area contributed by atoms with E-state index in [0.717, 1.165) is 51.3 Å². The van der Waals surface area contributed by atoms with Crippen molar-refractivity contribution in [1.29, 1.82) is 0 Å². The minimum atomic E-state index is 0.694. The van der Waals surface area contributed by atoms with E-state index >= 15 is 0 Å². The fraction of sp³-hybridized carbons (Fsp3) is 0.714. The molecule has 19 heavy (non-hydrogen) atoms. The Morgan fingerprint density at radius 2 is 2.05 bits per heavy atom. The van der Waals surface area contributed by atoms with Gasteiger partial charge in [-0.05, 0) is 19.3 Å². The molecule has 2 heterocycles. The lowest BCUT2D eigenvalue weighted by molar-refractivity contribution is 0.200. The third kappa shape index (κ3) is 2.72. The van der Waals surface area contributed by atoms with Crippen molar-refractivity contribution in [3.8, 4) is 0 Å². The zero-order valence-electron chi connectivity index (χ0n) is 11.6. The number of fused-ring (bicyclic) bond motifs is 1. The number of piperazine rings is 1. The lowest BCUT2D eigenvalue weighted by Gasteiger charge is -2.30. The summed E-state index contributed by atoms with van der Waals surface area (Å²) in [6.45, 7) is 4.89. The predicted molar refractivity (Wildman–Crippen MR) is 74.7 cm³/mol. The second-order valence-electron chi connectivity index (χ2n) is 5.22. The Kier molecular flexibility index (Phi) is 3.94. The molecule has 0 saturated carbocycles. The SMILES string of the molecule is COCCc1nc2c(c(N3CCNCC3)n1)CCC2. The van der Waals surface area contributed by atoms with Crippen molar-refractivity contribution < 1.29 is 4.74 Å². The molecule has 0 atom stereocenters. The fourth-order valence-corrected chi connectivity index (χ4v) is 2.91. The average Bonchev–Trinajstić information content (AvgIpc) is 2.93. The molecular formula is C14H22N4O. The number of aryl methyl sites for hydroxylation is 1. The highest BCUT2D eigenvalue weighted by atomic mass is 16.5. The molecular weight excluding hydrogens is 240 g/mol. The van der Waals surface area contributed by atoms with Gasteiger partial charge >= 0.3 is 0 Å². The summed E-state index contributed by atoms with van der Waals surface area (Å²) in [5, 5.41) is 3.40. The number of aromatic nitrogens is 2. The molecule has 0 amide bonds. The summed E-state index contributed by atoms with van der Waals surface area (Å²) in [4.78, 5) is 11.9. The molecule has 2 aliphatic rings. The lowest BCUT2D eigenvalue weighted by atomic mass is 10.2. The summed E-state index contributed by atoms with van der Waals surface area (Å²) < 4.78 is 5.15. The number of hydrogen-bond acceptors (Lipinski definition) is 5. The van der Waals surface area contributed by atoms with E-state index in [1.165, 1.54) is 23.5 Å². The monoisotopic (exact) mass is 262 g/mol. The van der Waals surface area contributed by atoms with Crippen LogP contribution in [0.2, 0.25) is 0 Å². The first-order chi connectivity index (χ1) is 9.38. The van der Waals surface area contributed by atoms with Crippen molar-refractivity contribution in [2.75, 3.05) is 44.8 Å². The van der Waals surface area contributed by atoms with Crippen LogP contribution in [0.4, 0.5) is 5.82 Å². The van der Waals surface area contributed by atoms with Gasteiger partial charge in [0.2, 0.25) is 0 Å². The van der Waals surface area contributed by atoms with Gasteiger partial charge in [-0.2, -0.15) is 0 Å². The van der Waals surface area contributed by atoms with E-state index < -0.39 is 0 Å². The van der Waals surface area contributed by atoms with Gasteiger partial charge in [-0.25, -0.2) is 9.97 Å². The van der Waals surface area contributed by atoms with Crippen molar-refractivity contribution in [3.05, 3.63) is 17.1 Å². The molecule has 1 aromatic heterocycles. The second kappa shape index (κ2) is 5.84. The topological polar surface area (TPSA) is 50.3 Å². The van der Waals surface area contributed by atoms with Crippen LogP contribution < -0.4 is 10.2 Å². The van der Waals surface area contributed by atoms with Crippen molar-refractivity contribution in [3.63, 3.8) is 0 Å². The van der Waals surface area contributed by atoms with Crippen LogP contribution in [-0.4, -0.2) is 49.9 Å². The molecule has 0 bridgehead atoms. The van der Waals surface area contributed by atoms with Gasteiger partial charge in [0, 0.05) is 51.0 Å². The molecule has 0 unspecified atom stereocenters. The third-order valence-corrected chi connectivity index (χ3v) is 3.90. The summed E-state index contributed by atoms with van der Waals surface area (Å²) in [7, 11) is 1.73. The van der Waals surface area contributed by atoms with Crippen molar-refractivity contribution in [1.82, 2.24) is 15.3 Å². The van der Waals surface area contributed by atoms with E-state index in [1.807, 2.05) is 0 Å². The summed E-state index contributed by atoms with van der Waals surface area (Å²) in [6.07, 6.45) is 4.27. The number of nitrogens with zero attached hydrogens (tertiary/aromatic N) is 3. The first-order valence-electron chi connectivity index (χ1n) is 7.22. The number of methoxy groups -OCH3 is 1. The second-order valence-corrected chi connectivity index (χ2v) is 5.22. The molecule has 0 aromatic carbocycles. The van der Waals surface area contributed by atoms with Gasteiger partial charge in [-0.1, -0.05) is 0 Å².